The van der Waals surface area contributed by atoms with Crippen LogP contribution in [0.2, 0.25) is 0 Å². The van der Waals surface area contributed by atoms with Gasteiger partial charge in [0.15, 0.2) is 0 Å². The summed E-state index contributed by atoms with van der Waals surface area (Å²) in [5.41, 5.74) is 1.07. The summed E-state index contributed by atoms with van der Waals surface area (Å²) >= 11 is 3.51. The van der Waals surface area contributed by atoms with Crippen molar-refractivity contribution in [3.05, 3.63) is 29.0 Å². The third-order valence-corrected chi connectivity index (χ3v) is 3.98. The summed E-state index contributed by atoms with van der Waals surface area (Å²) in [4.78, 5) is 8.79. The molecule has 16 heavy (non-hydrogen) atoms. The molecule has 2 heterocycles. The predicted octanol–water partition coefficient (Wildman–Crippen LogP) is 3.54. The minimum absolute atomic E-state index is 0.620. The summed E-state index contributed by atoms with van der Waals surface area (Å²) in [7, 11) is 0. The molecule has 4 heteroatoms. The second-order valence-corrected chi connectivity index (χ2v) is 5.18. The van der Waals surface area contributed by atoms with Crippen molar-refractivity contribution in [3.8, 4) is 0 Å². The number of rotatable bonds is 1. The third-order valence-electron chi connectivity index (χ3n) is 3.40. The molecule has 1 fully saturated rings. The van der Waals surface area contributed by atoms with Gasteiger partial charge in [0.2, 0.25) is 0 Å². The van der Waals surface area contributed by atoms with Crippen LogP contribution in [0, 0.1) is 0 Å². The maximum absolute atomic E-state index is 4.65. The van der Waals surface area contributed by atoms with Crippen molar-refractivity contribution < 1.29 is 0 Å². The smallest absolute Gasteiger partial charge is 0.133 e. The summed E-state index contributed by atoms with van der Waals surface area (Å²) in [6, 6.07) is 0. The average Bonchev–Trinajstić information content (AvgIpc) is 2.69. The van der Waals surface area contributed by atoms with Gasteiger partial charge in [-0.25, -0.2) is 4.98 Å². The maximum atomic E-state index is 4.65. The van der Waals surface area contributed by atoms with E-state index in [0.717, 1.165) is 10.1 Å². The lowest BCUT2D eigenvalue weighted by atomic mass is 9.89. The van der Waals surface area contributed by atoms with Gasteiger partial charge in [-0.1, -0.05) is 19.3 Å². The van der Waals surface area contributed by atoms with Crippen LogP contribution >= 0.6 is 15.9 Å². The predicted molar refractivity (Wildman–Crippen MR) is 66.5 cm³/mol. The maximum Gasteiger partial charge on any atom is 0.133 e. The fourth-order valence-corrected chi connectivity index (χ4v) is 3.05. The molecule has 1 aliphatic carbocycles. The monoisotopic (exact) mass is 279 g/mol. The zero-order valence-corrected chi connectivity index (χ0v) is 10.7. The number of hydrogen-bond donors (Lipinski definition) is 0. The highest BCUT2D eigenvalue weighted by Crippen LogP contribution is 2.33. The second kappa shape index (κ2) is 4.17. The molecule has 0 atom stereocenters. The van der Waals surface area contributed by atoms with E-state index in [9.17, 15) is 0 Å². The molecule has 0 radical (unpaired) electrons. The Balaban J connectivity index is 2.08. The average molecular weight is 280 g/mol. The van der Waals surface area contributed by atoms with Crippen molar-refractivity contribution in [1.29, 1.82) is 0 Å². The van der Waals surface area contributed by atoms with Crippen molar-refractivity contribution in [2.75, 3.05) is 0 Å². The van der Waals surface area contributed by atoms with Crippen molar-refractivity contribution in [2.45, 2.75) is 38.0 Å². The first-order valence-corrected chi connectivity index (χ1v) is 6.63. The zero-order valence-electron chi connectivity index (χ0n) is 9.06. The van der Waals surface area contributed by atoms with Crippen LogP contribution in [-0.2, 0) is 0 Å². The van der Waals surface area contributed by atoms with Crippen LogP contribution in [-0.4, -0.2) is 14.4 Å². The number of aromatic nitrogens is 3. The Morgan fingerprint density at radius 3 is 2.88 bits per heavy atom. The van der Waals surface area contributed by atoms with E-state index in [1.165, 1.54) is 37.9 Å². The van der Waals surface area contributed by atoms with Gasteiger partial charge in [0.05, 0.1) is 11.7 Å². The van der Waals surface area contributed by atoms with Crippen LogP contribution in [0.15, 0.2) is 23.2 Å². The van der Waals surface area contributed by atoms with Crippen molar-refractivity contribution in [3.63, 3.8) is 0 Å². The molecule has 2 aromatic heterocycles. The van der Waals surface area contributed by atoms with Gasteiger partial charge in [0.1, 0.15) is 10.4 Å². The van der Waals surface area contributed by atoms with Gasteiger partial charge in [-0.3, -0.25) is 9.38 Å². The quantitative estimate of drug-likeness (QED) is 0.799. The SMILES string of the molecule is Brc1nc(C2CCCCC2)n2ccncc12. The van der Waals surface area contributed by atoms with E-state index in [-0.39, 0.29) is 0 Å². The molecule has 1 saturated carbocycles. The summed E-state index contributed by atoms with van der Waals surface area (Å²) in [6.07, 6.45) is 12.3. The molecule has 0 bridgehead atoms. The largest absolute Gasteiger partial charge is 0.299 e. The van der Waals surface area contributed by atoms with Crippen molar-refractivity contribution >= 4 is 21.4 Å². The highest BCUT2D eigenvalue weighted by molar-refractivity contribution is 9.10. The van der Waals surface area contributed by atoms with E-state index < -0.39 is 0 Å². The Labute approximate surface area is 103 Å². The molecule has 0 aliphatic heterocycles. The number of halogens is 1. The van der Waals surface area contributed by atoms with E-state index in [1.54, 1.807) is 0 Å². The number of imidazole rings is 1. The van der Waals surface area contributed by atoms with Gasteiger partial charge < -0.3 is 0 Å². The van der Waals surface area contributed by atoms with Crippen LogP contribution in [0.4, 0.5) is 0 Å². The van der Waals surface area contributed by atoms with E-state index >= 15 is 0 Å². The normalized spacial score (nSPS) is 18.1. The molecule has 0 aromatic carbocycles. The van der Waals surface area contributed by atoms with Gasteiger partial charge >= 0.3 is 0 Å². The van der Waals surface area contributed by atoms with E-state index in [1.807, 2.05) is 18.6 Å². The Kier molecular flexibility index (Phi) is 2.67. The molecule has 0 saturated heterocycles. The molecule has 2 aromatic rings. The van der Waals surface area contributed by atoms with Crippen molar-refractivity contribution in [2.24, 2.45) is 0 Å². The van der Waals surface area contributed by atoms with E-state index in [2.05, 4.69) is 30.3 Å². The van der Waals surface area contributed by atoms with Gasteiger partial charge in [0.25, 0.3) is 0 Å². The van der Waals surface area contributed by atoms with E-state index in [4.69, 9.17) is 0 Å². The first-order valence-electron chi connectivity index (χ1n) is 5.84. The summed E-state index contributed by atoms with van der Waals surface area (Å²) in [5, 5.41) is 0. The molecule has 84 valence electrons. The first kappa shape index (κ1) is 10.3. The Morgan fingerprint density at radius 1 is 1.25 bits per heavy atom. The van der Waals surface area contributed by atoms with Gasteiger partial charge in [-0.2, -0.15) is 0 Å². The molecule has 1 aliphatic rings. The van der Waals surface area contributed by atoms with Crippen LogP contribution in [0.1, 0.15) is 43.8 Å². The topological polar surface area (TPSA) is 30.2 Å². The summed E-state index contributed by atoms with van der Waals surface area (Å²) in [6.45, 7) is 0. The van der Waals surface area contributed by atoms with Crippen molar-refractivity contribution in [1.82, 2.24) is 14.4 Å². The molecule has 0 spiro atoms. The number of nitrogens with zero attached hydrogens (tertiary/aromatic N) is 3. The highest BCUT2D eigenvalue weighted by atomic mass is 79.9. The first-order chi connectivity index (χ1) is 7.86. The Bertz CT molecular complexity index is 500. The molecule has 0 unspecified atom stereocenters. The van der Waals surface area contributed by atoms with Crippen LogP contribution in [0.25, 0.3) is 5.52 Å². The lowest BCUT2D eigenvalue weighted by Gasteiger charge is -2.20. The zero-order chi connectivity index (χ0) is 11.0. The van der Waals surface area contributed by atoms with Gasteiger partial charge in [0, 0.05) is 18.3 Å². The van der Waals surface area contributed by atoms with Gasteiger partial charge in [-0.15, -0.1) is 0 Å². The van der Waals surface area contributed by atoms with Crippen LogP contribution < -0.4 is 0 Å². The van der Waals surface area contributed by atoms with Crippen LogP contribution in [0.5, 0.6) is 0 Å². The standard InChI is InChI=1S/C12H14BrN3/c13-11-10-8-14-6-7-16(10)12(15-11)9-4-2-1-3-5-9/h6-9H,1-5H2. The summed E-state index contributed by atoms with van der Waals surface area (Å²) in [5.74, 6) is 1.82. The lowest BCUT2D eigenvalue weighted by molar-refractivity contribution is 0.427. The fraction of sp³-hybridized carbons (Fsp3) is 0.500. The molecule has 0 N–H and O–H groups in total. The van der Waals surface area contributed by atoms with Gasteiger partial charge in [-0.05, 0) is 28.8 Å². The second-order valence-electron chi connectivity index (χ2n) is 4.43. The molecule has 3 nitrogen and oxygen atoms in total. The Hall–Kier alpha value is -0.900. The van der Waals surface area contributed by atoms with Crippen LogP contribution in [0.3, 0.4) is 0 Å². The fourth-order valence-electron chi connectivity index (χ4n) is 2.57. The minimum atomic E-state index is 0.620. The minimum Gasteiger partial charge on any atom is -0.299 e. The molecular formula is C12H14BrN3. The Morgan fingerprint density at radius 2 is 2.06 bits per heavy atom. The number of hydrogen-bond acceptors (Lipinski definition) is 2. The number of fused-ring (bicyclic) bond motifs is 1. The third kappa shape index (κ3) is 1.65. The highest BCUT2D eigenvalue weighted by Gasteiger charge is 2.21. The molecular weight excluding hydrogens is 266 g/mol. The molecule has 0 amide bonds. The lowest BCUT2D eigenvalue weighted by Crippen LogP contribution is -2.08. The molecule has 3 rings (SSSR count). The van der Waals surface area contributed by atoms with E-state index in [0.29, 0.717) is 5.92 Å². The summed E-state index contributed by atoms with van der Waals surface area (Å²) < 4.78 is 3.09.